The van der Waals surface area contributed by atoms with Gasteiger partial charge in [0.25, 0.3) is 5.91 Å². The van der Waals surface area contributed by atoms with Crippen molar-refractivity contribution in [2.75, 3.05) is 0 Å². The summed E-state index contributed by atoms with van der Waals surface area (Å²) in [6, 6.07) is 0.614. The van der Waals surface area contributed by atoms with E-state index in [0.29, 0.717) is 17.1 Å². The molecule has 1 amide bonds. The molecule has 0 aromatic carbocycles. The summed E-state index contributed by atoms with van der Waals surface area (Å²) in [4.78, 5) is 23.1. The summed E-state index contributed by atoms with van der Waals surface area (Å²) in [5.41, 5.74) is 0.342. The minimum atomic E-state index is -1.03. The first kappa shape index (κ1) is 14.6. The Morgan fingerprint density at radius 1 is 1.56 bits per heavy atom. The fourth-order valence-electron chi connectivity index (χ4n) is 1.65. The van der Waals surface area contributed by atoms with Gasteiger partial charge in [0.2, 0.25) is 0 Å². The van der Waals surface area contributed by atoms with Gasteiger partial charge in [0, 0.05) is 13.2 Å². The number of aliphatic carboxylic acids is 1. The van der Waals surface area contributed by atoms with Gasteiger partial charge < -0.3 is 15.0 Å². The van der Waals surface area contributed by atoms with E-state index in [2.05, 4.69) is 5.32 Å². The minimum Gasteiger partial charge on any atom is -0.480 e. The van der Waals surface area contributed by atoms with Crippen molar-refractivity contribution < 1.29 is 14.7 Å². The van der Waals surface area contributed by atoms with Crippen molar-refractivity contribution in [2.45, 2.75) is 26.3 Å². The molecule has 0 bridgehead atoms. The third-order valence-electron chi connectivity index (χ3n) is 2.97. The predicted molar refractivity (Wildman–Crippen MR) is 68.8 cm³/mol. The standard InChI is InChI=1S/C12H17ClN2O3/c1-4-7(2)10(12(17)18)14-11(16)9-5-8(13)6-15(9)3/h5-7,10H,4H2,1-3H3,(H,14,16)(H,17,18). The van der Waals surface area contributed by atoms with E-state index in [1.807, 2.05) is 6.92 Å². The zero-order valence-corrected chi connectivity index (χ0v) is 11.4. The molecule has 1 heterocycles. The Hall–Kier alpha value is -1.49. The molecule has 0 spiro atoms. The SMILES string of the molecule is CCC(C)C(NC(=O)c1cc(Cl)cn1C)C(=O)O. The second-order valence-corrected chi connectivity index (χ2v) is 4.77. The molecule has 2 N–H and O–H groups in total. The highest BCUT2D eigenvalue weighted by Crippen LogP contribution is 2.14. The first-order valence-electron chi connectivity index (χ1n) is 5.72. The first-order valence-corrected chi connectivity index (χ1v) is 6.10. The summed E-state index contributed by atoms with van der Waals surface area (Å²) in [6.45, 7) is 3.67. The summed E-state index contributed by atoms with van der Waals surface area (Å²) < 4.78 is 1.56. The molecule has 0 saturated carbocycles. The molecule has 0 aliphatic heterocycles. The number of carbonyl (C=O) groups is 2. The van der Waals surface area contributed by atoms with E-state index < -0.39 is 17.9 Å². The number of rotatable bonds is 5. The van der Waals surface area contributed by atoms with E-state index in [-0.39, 0.29) is 5.92 Å². The molecule has 1 aromatic heterocycles. The fraction of sp³-hybridized carbons (Fsp3) is 0.500. The summed E-state index contributed by atoms with van der Waals surface area (Å²) in [6.07, 6.45) is 2.26. The molecule has 1 aromatic rings. The topological polar surface area (TPSA) is 71.3 Å². The molecule has 5 nitrogen and oxygen atoms in total. The number of carbonyl (C=O) groups excluding carboxylic acids is 1. The van der Waals surface area contributed by atoms with Crippen LogP contribution < -0.4 is 5.32 Å². The van der Waals surface area contributed by atoms with Crippen molar-refractivity contribution in [1.29, 1.82) is 0 Å². The lowest BCUT2D eigenvalue weighted by Gasteiger charge is -2.20. The molecule has 2 unspecified atom stereocenters. The Kier molecular flexibility index (Phi) is 4.78. The van der Waals surface area contributed by atoms with E-state index in [0.717, 1.165) is 0 Å². The third kappa shape index (κ3) is 3.26. The Labute approximate surface area is 111 Å². The van der Waals surface area contributed by atoms with Crippen LogP contribution in [0.25, 0.3) is 0 Å². The van der Waals surface area contributed by atoms with Crippen molar-refractivity contribution >= 4 is 23.5 Å². The summed E-state index contributed by atoms with van der Waals surface area (Å²) in [7, 11) is 1.68. The van der Waals surface area contributed by atoms with Crippen LogP contribution in [0.5, 0.6) is 0 Å². The second kappa shape index (κ2) is 5.91. The number of halogens is 1. The predicted octanol–water partition coefficient (Wildman–Crippen LogP) is 1.91. The third-order valence-corrected chi connectivity index (χ3v) is 3.18. The zero-order chi connectivity index (χ0) is 13.9. The maximum atomic E-state index is 12.0. The number of amides is 1. The number of nitrogens with one attached hydrogen (secondary N) is 1. The van der Waals surface area contributed by atoms with Crippen molar-refractivity contribution in [2.24, 2.45) is 13.0 Å². The summed E-state index contributed by atoms with van der Waals surface area (Å²) in [5, 5.41) is 12.1. The van der Waals surface area contributed by atoms with Crippen LogP contribution in [0.1, 0.15) is 30.8 Å². The van der Waals surface area contributed by atoms with Crippen LogP contribution in [0.3, 0.4) is 0 Å². The monoisotopic (exact) mass is 272 g/mol. The average Bonchev–Trinajstić information content (AvgIpc) is 2.63. The van der Waals surface area contributed by atoms with Gasteiger partial charge in [0.05, 0.1) is 5.02 Å². The normalized spacial score (nSPS) is 14.0. The number of hydrogen-bond donors (Lipinski definition) is 2. The molecular formula is C12H17ClN2O3. The van der Waals surface area contributed by atoms with Crippen LogP contribution in [0, 0.1) is 5.92 Å². The van der Waals surface area contributed by atoms with Crippen molar-refractivity contribution in [3.63, 3.8) is 0 Å². The van der Waals surface area contributed by atoms with Gasteiger partial charge in [-0.3, -0.25) is 4.79 Å². The maximum Gasteiger partial charge on any atom is 0.326 e. The largest absolute Gasteiger partial charge is 0.480 e. The molecular weight excluding hydrogens is 256 g/mol. The van der Waals surface area contributed by atoms with Gasteiger partial charge in [-0.2, -0.15) is 0 Å². The Balaban J connectivity index is 2.85. The Morgan fingerprint density at radius 3 is 2.56 bits per heavy atom. The van der Waals surface area contributed by atoms with E-state index >= 15 is 0 Å². The Bertz CT molecular complexity index is 456. The van der Waals surface area contributed by atoms with Gasteiger partial charge in [-0.15, -0.1) is 0 Å². The minimum absolute atomic E-state index is 0.137. The molecule has 18 heavy (non-hydrogen) atoms. The van der Waals surface area contributed by atoms with Gasteiger partial charge in [-0.25, -0.2) is 4.79 Å². The lowest BCUT2D eigenvalue weighted by Crippen LogP contribution is -2.45. The molecule has 2 atom stereocenters. The molecule has 0 aliphatic rings. The lowest BCUT2D eigenvalue weighted by molar-refractivity contribution is -0.140. The molecule has 0 aliphatic carbocycles. The smallest absolute Gasteiger partial charge is 0.326 e. The number of aromatic nitrogens is 1. The number of carboxylic acid groups (broad SMARTS) is 1. The van der Waals surface area contributed by atoms with Crippen molar-refractivity contribution in [3.8, 4) is 0 Å². The zero-order valence-electron chi connectivity index (χ0n) is 10.6. The fourth-order valence-corrected chi connectivity index (χ4v) is 1.90. The van der Waals surface area contributed by atoms with Crippen molar-refractivity contribution in [3.05, 3.63) is 23.0 Å². The second-order valence-electron chi connectivity index (χ2n) is 4.33. The van der Waals surface area contributed by atoms with Crippen LogP contribution in [0.15, 0.2) is 12.3 Å². The van der Waals surface area contributed by atoms with Crippen LogP contribution in [-0.2, 0) is 11.8 Å². The van der Waals surface area contributed by atoms with Crippen LogP contribution >= 0.6 is 11.6 Å². The van der Waals surface area contributed by atoms with E-state index in [4.69, 9.17) is 16.7 Å². The molecule has 0 fully saturated rings. The number of carboxylic acids is 1. The van der Waals surface area contributed by atoms with Gasteiger partial charge in [-0.05, 0) is 12.0 Å². The van der Waals surface area contributed by atoms with E-state index in [1.54, 1.807) is 24.7 Å². The molecule has 6 heteroatoms. The molecule has 0 saturated heterocycles. The first-order chi connectivity index (χ1) is 8.36. The quantitative estimate of drug-likeness (QED) is 0.860. The molecule has 100 valence electrons. The summed E-state index contributed by atoms with van der Waals surface area (Å²) >= 11 is 5.78. The molecule has 0 radical (unpaired) electrons. The highest BCUT2D eigenvalue weighted by atomic mass is 35.5. The summed E-state index contributed by atoms with van der Waals surface area (Å²) in [5.74, 6) is -1.60. The highest BCUT2D eigenvalue weighted by molar-refractivity contribution is 6.31. The van der Waals surface area contributed by atoms with Gasteiger partial charge in [-0.1, -0.05) is 31.9 Å². The number of hydrogen-bond acceptors (Lipinski definition) is 2. The van der Waals surface area contributed by atoms with E-state index in [1.165, 1.54) is 6.07 Å². The maximum absolute atomic E-state index is 12.0. The van der Waals surface area contributed by atoms with Gasteiger partial charge in [0.15, 0.2) is 0 Å². The van der Waals surface area contributed by atoms with E-state index in [9.17, 15) is 9.59 Å². The van der Waals surface area contributed by atoms with Gasteiger partial charge in [0.1, 0.15) is 11.7 Å². The number of aryl methyl sites for hydroxylation is 1. The van der Waals surface area contributed by atoms with Crippen molar-refractivity contribution in [1.82, 2.24) is 9.88 Å². The highest BCUT2D eigenvalue weighted by Gasteiger charge is 2.26. The molecule has 1 rings (SSSR count). The van der Waals surface area contributed by atoms with Gasteiger partial charge >= 0.3 is 5.97 Å². The number of nitrogens with zero attached hydrogens (tertiary/aromatic N) is 1. The van der Waals surface area contributed by atoms with Crippen LogP contribution in [0.4, 0.5) is 0 Å². The lowest BCUT2D eigenvalue weighted by atomic mass is 9.99. The average molecular weight is 273 g/mol. The van der Waals surface area contributed by atoms with Crippen LogP contribution in [0.2, 0.25) is 5.02 Å². The Morgan fingerprint density at radius 2 is 2.17 bits per heavy atom. The van der Waals surface area contributed by atoms with Crippen LogP contribution in [-0.4, -0.2) is 27.6 Å².